The number of aliphatic imine (C=N–C) groups is 1. The van der Waals surface area contributed by atoms with Crippen LogP contribution in [0.5, 0.6) is 0 Å². The van der Waals surface area contributed by atoms with E-state index in [9.17, 15) is 9.59 Å². The number of amides is 1. The van der Waals surface area contributed by atoms with Gasteiger partial charge in [-0.3, -0.25) is 14.2 Å². The first-order chi connectivity index (χ1) is 15.6. The lowest BCUT2D eigenvalue weighted by atomic mass is 10.1. The molecule has 168 valence electrons. The molecule has 32 heavy (non-hydrogen) atoms. The number of nitrogens with zero attached hydrogens (tertiary/aromatic N) is 5. The second kappa shape index (κ2) is 10.2. The number of benzene rings is 1. The molecular formula is C23H27BrN6O2. The Labute approximate surface area is 194 Å². The van der Waals surface area contributed by atoms with Crippen LogP contribution in [0.4, 0.5) is 5.82 Å². The molecule has 3 heterocycles. The van der Waals surface area contributed by atoms with E-state index in [4.69, 9.17) is 0 Å². The maximum Gasteiger partial charge on any atom is 0.266 e. The van der Waals surface area contributed by atoms with Crippen LogP contribution in [-0.2, 0) is 30.6 Å². The van der Waals surface area contributed by atoms with Gasteiger partial charge in [0, 0.05) is 32.4 Å². The van der Waals surface area contributed by atoms with E-state index in [0.29, 0.717) is 42.4 Å². The van der Waals surface area contributed by atoms with Gasteiger partial charge in [-0.2, -0.15) is 0 Å². The van der Waals surface area contributed by atoms with Crippen molar-refractivity contribution in [1.82, 2.24) is 24.5 Å². The molecule has 0 fully saturated rings. The highest BCUT2D eigenvalue weighted by molar-refractivity contribution is 9.18. The number of aromatic nitrogens is 4. The van der Waals surface area contributed by atoms with Gasteiger partial charge < -0.3 is 5.32 Å². The van der Waals surface area contributed by atoms with E-state index in [0.717, 1.165) is 36.8 Å². The highest BCUT2D eigenvalue weighted by Crippen LogP contribution is 2.28. The molecule has 1 amide bonds. The zero-order valence-corrected chi connectivity index (χ0v) is 19.8. The molecular weight excluding hydrogens is 472 g/mol. The fraction of sp³-hybridized carbons (Fsp3) is 0.435. The third-order valence-corrected chi connectivity index (χ3v) is 6.09. The molecule has 0 spiro atoms. The molecule has 4 rings (SSSR count). The highest BCUT2D eigenvalue weighted by Gasteiger charge is 2.25. The second-order valence-corrected chi connectivity index (χ2v) is 8.88. The number of hydrogen-bond acceptors (Lipinski definition) is 5. The van der Waals surface area contributed by atoms with E-state index in [1.54, 1.807) is 4.40 Å². The highest BCUT2D eigenvalue weighted by atomic mass is 79.9. The number of hydrogen-bond donors (Lipinski definition) is 1. The van der Waals surface area contributed by atoms with Gasteiger partial charge in [0.1, 0.15) is 11.6 Å². The van der Waals surface area contributed by atoms with Crippen LogP contribution in [0.15, 0.2) is 40.1 Å². The molecule has 0 saturated heterocycles. The Morgan fingerprint density at radius 3 is 2.75 bits per heavy atom. The van der Waals surface area contributed by atoms with Gasteiger partial charge in [-0.05, 0) is 34.3 Å². The monoisotopic (exact) mass is 498 g/mol. The van der Waals surface area contributed by atoms with Gasteiger partial charge in [0.15, 0.2) is 0 Å². The largest absolute Gasteiger partial charge is 0.356 e. The van der Waals surface area contributed by atoms with Crippen molar-refractivity contribution in [3.8, 4) is 0 Å². The van der Waals surface area contributed by atoms with Crippen molar-refractivity contribution in [2.45, 2.75) is 58.4 Å². The Morgan fingerprint density at radius 1 is 1.16 bits per heavy atom. The lowest BCUT2D eigenvalue weighted by molar-refractivity contribution is -0.121. The zero-order chi connectivity index (χ0) is 22.5. The molecule has 0 atom stereocenters. The van der Waals surface area contributed by atoms with E-state index in [-0.39, 0.29) is 17.9 Å². The third-order valence-electron chi connectivity index (χ3n) is 5.63. The van der Waals surface area contributed by atoms with Gasteiger partial charge in [-0.15, -0.1) is 10.2 Å². The Balaban J connectivity index is 1.48. The molecule has 0 radical (unpaired) electrons. The molecule has 1 aliphatic rings. The summed E-state index contributed by atoms with van der Waals surface area (Å²) < 4.78 is 4.29. The first kappa shape index (κ1) is 22.4. The standard InChI is InChI=1S/C23H27BrN6O2/c1-2-3-7-14-29-21-17(15-18(24)26-21)22(32)30-19(27-28-23(29)30)10-11-20(31)25-13-12-16-8-5-4-6-9-16/h4-6,8-9H,2-3,7,10-15H2,1H3,(H,25,31). The van der Waals surface area contributed by atoms with Gasteiger partial charge >= 0.3 is 0 Å². The SMILES string of the molecule is CCCCCn1c2c(c(=O)n3c(CCC(=O)NCCc4ccccc4)nnc13)CC(Br)=N2. The summed E-state index contributed by atoms with van der Waals surface area (Å²) in [7, 11) is 0. The normalized spacial score (nSPS) is 12.8. The van der Waals surface area contributed by atoms with Gasteiger partial charge in [-0.1, -0.05) is 50.1 Å². The van der Waals surface area contributed by atoms with Crippen molar-refractivity contribution in [3.63, 3.8) is 0 Å². The van der Waals surface area contributed by atoms with Gasteiger partial charge in [0.25, 0.3) is 5.56 Å². The van der Waals surface area contributed by atoms with Crippen LogP contribution in [-0.4, -0.2) is 36.2 Å². The first-order valence-electron chi connectivity index (χ1n) is 11.1. The minimum atomic E-state index is -0.149. The molecule has 0 unspecified atom stereocenters. The van der Waals surface area contributed by atoms with Crippen LogP contribution in [0.1, 0.15) is 49.6 Å². The molecule has 0 saturated carbocycles. The minimum Gasteiger partial charge on any atom is -0.356 e. The molecule has 0 aliphatic carbocycles. The number of nitrogens with one attached hydrogen (secondary N) is 1. The van der Waals surface area contributed by atoms with Crippen molar-refractivity contribution in [2.75, 3.05) is 6.54 Å². The summed E-state index contributed by atoms with van der Waals surface area (Å²) in [6.45, 7) is 3.45. The van der Waals surface area contributed by atoms with E-state index < -0.39 is 0 Å². The van der Waals surface area contributed by atoms with E-state index >= 15 is 0 Å². The van der Waals surface area contributed by atoms with Crippen LogP contribution in [0, 0.1) is 0 Å². The number of fused-ring (bicyclic) bond motifs is 2. The maximum atomic E-state index is 13.2. The molecule has 1 aromatic carbocycles. The molecule has 8 nitrogen and oxygen atoms in total. The second-order valence-electron chi connectivity index (χ2n) is 7.97. The minimum absolute atomic E-state index is 0.0619. The molecule has 3 aromatic rings. The average molecular weight is 499 g/mol. The van der Waals surface area contributed by atoms with Crippen molar-refractivity contribution < 1.29 is 4.79 Å². The molecule has 2 aromatic heterocycles. The number of rotatable bonds is 10. The van der Waals surface area contributed by atoms with E-state index in [1.807, 2.05) is 34.9 Å². The lowest BCUT2D eigenvalue weighted by Crippen LogP contribution is -2.27. The summed E-state index contributed by atoms with van der Waals surface area (Å²) in [5.41, 5.74) is 1.68. The van der Waals surface area contributed by atoms with Crippen molar-refractivity contribution >= 4 is 38.1 Å². The summed E-state index contributed by atoms with van der Waals surface area (Å²) in [4.78, 5) is 30.1. The van der Waals surface area contributed by atoms with Crippen molar-refractivity contribution in [2.24, 2.45) is 4.99 Å². The van der Waals surface area contributed by atoms with E-state index in [1.165, 1.54) is 5.56 Å². The smallest absolute Gasteiger partial charge is 0.266 e. The number of halogens is 1. The first-order valence-corrected chi connectivity index (χ1v) is 11.9. The van der Waals surface area contributed by atoms with Crippen LogP contribution < -0.4 is 10.9 Å². The summed E-state index contributed by atoms with van der Waals surface area (Å²) in [5.74, 6) is 1.62. The number of carbonyl (C=O) groups excluding carboxylic acids is 1. The van der Waals surface area contributed by atoms with Gasteiger partial charge in [0.2, 0.25) is 11.7 Å². The molecule has 1 aliphatic heterocycles. The Kier molecular flexibility index (Phi) is 7.14. The van der Waals surface area contributed by atoms with Gasteiger partial charge in [0.05, 0.1) is 10.2 Å². The predicted molar refractivity (Wildman–Crippen MR) is 128 cm³/mol. The molecule has 0 bridgehead atoms. The zero-order valence-electron chi connectivity index (χ0n) is 18.2. The topological polar surface area (TPSA) is 93.7 Å². The Morgan fingerprint density at radius 2 is 1.97 bits per heavy atom. The summed E-state index contributed by atoms with van der Waals surface area (Å²) in [6, 6.07) is 10.0. The van der Waals surface area contributed by atoms with Crippen LogP contribution in [0.3, 0.4) is 0 Å². The van der Waals surface area contributed by atoms with Crippen LogP contribution >= 0.6 is 15.9 Å². The molecule has 9 heteroatoms. The Bertz CT molecular complexity index is 1200. The van der Waals surface area contributed by atoms with Crippen LogP contribution in [0.25, 0.3) is 5.78 Å². The summed E-state index contributed by atoms with van der Waals surface area (Å²) >= 11 is 3.44. The quantitative estimate of drug-likeness (QED) is 0.433. The number of aryl methyl sites for hydroxylation is 2. The lowest BCUT2D eigenvalue weighted by Gasteiger charge is -2.12. The Hall–Kier alpha value is -2.81. The maximum absolute atomic E-state index is 13.2. The fourth-order valence-electron chi connectivity index (χ4n) is 3.95. The van der Waals surface area contributed by atoms with Crippen LogP contribution in [0.2, 0.25) is 0 Å². The summed E-state index contributed by atoms with van der Waals surface area (Å²) in [6.07, 6.45) is 5.01. The number of unbranched alkanes of at least 4 members (excludes halogenated alkanes) is 2. The van der Waals surface area contributed by atoms with Crippen molar-refractivity contribution in [3.05, 3.63) is 57.6 Å². The number of carbonyl (C=O) groups is 1. The fourth-order valence-corrected chi connectivity index (χ4v) is 4.40. The van der Waals surface area contributed by atoms with Crippen molar-refractivity contribution in [1.29, 1.82) is 0 Å². The van der Waals surface area contributed by atoms with Gasteiger partial charge in [-0.25, -0.2) is 9.39 Å². The van der Waals surface area contributed by atoms with E-state index in [2.05, 4.69) is 43.4 Å². The summed E-state index contributed by atoms with van der Waals surface area (Å²) in [5, 5.41) is 11.5. The average Bonchev–Trinajstić information content (AvgIpc) is 3.39. The predicted octanol–water partition coefficient (Wildman–Crippen LogP) is 3.35. The molecule has 1 N–H and O–H groups in total. The third kappa shape index (κ3) is 4.82.